The van der Waals surface area contributed by atoms with Crippen LogP contribution in [0, 0.1) is 0 Å². The van der Waals surface area contributed by atoms with Crippen LogP contribution in [0.25, 0.3) is 10.6 Å². The van der Waals surface area contributed by atoms with E-state index in [1.54, 1.807) is 12.5 Å². The molecule has 2 aromatic heterocycles. The number of amides is 1. The molecule has 1 saturated heterocycles. The minimum absolute atomic E-state index is 0.0978. The Morgan fingerprint density at radius 2 is 2.17 bits per heavy atom. The number of nitrogens with one attached hydrogen (secondary N) is 1. The topological polar surface area (TPSA) is 102 Å². The Bertz CT molecular complexity index is 704. The van der Waals surface area contributed by atoms with Crippen LogP contribution in [0.2, 0.25) is 0 Å². The van der Waals surface area contributed by atoms with Gasteiger partial charge in [0.1, 0.15) is 11.3 Å². The highest BCUT2D eigenvalue weighted by atomic mass is 32.1. The number of hydrogen-bond acceptors (Lipinski definition) is 6. The van der Waals surface area contributed by atoms with Crippen LogP contribution in [0.5, 0.6) is 0 Å². The Balaban J connectivity index is 1.64. The lowest BCUT2D eigenvalue weighted by Gasteiger charge is -2.36. The van der Waals surface area contributed by atoms with Gasteiger partial charge in [0.25, 0.3) is 0 Å². The van der Waals surface area contributed by atoms with Crippen LogP contribution >= 0.6 is 11.3 Å². The molecule has 1 aliphatic heterocycles. The van der Waals surface area contributed by atoms with Crippen molar-refractivity contribution in [2.24, 2.45) is 0 Å². The molecule has 0 unspecified atom stereocenters. The second kappa shape index (κ2) is 7.14. The Labute approximate surface area is 142 Å². The molecule has 0 saturated carbocycles. The fraction of sp³-hybridized carbons (Fsp3) is 0.438. The molecule has 1 amide bonds. The Morgan fingerprint density at radius 1 is 1.38 bits per heavy atom. The van der Waals surface area contributed by atoms with E-state index in [9.17, 15) is 9.59 Å². The van der Waals surface area contributed by atoms with E-state index < -0.39 is 11.5 Å². The normalized spacial score (nSPS) is 16.7. The van der Waals surface area contributed by atoms with E-state index in [1.807, 2.05) is 11.4 Å². The summed E-state index contributed by atoms with van der Waals surface area (Å²) in [4.78, 5) is 27.9. The molecule has 2 aromatic rings. The predicted octanol–water partition coefficient (Wildman–Crippen LogP) is 2.09. The molecule has 7 nitrogen and oxygen atoms in total. The quantitative estimate of drug-likeness (QED) is 0.827. The highest BCUT2D eigenvalue weighted by Crippen LogP contribution is 2.26. The Kier molecular flexibility index (Phi) is 4.96. The minimum atomic E-state index is -0.923. The number of rotatable bonds is 6. The van der Waals surface area contributed by atoms with Crippen LogP contribution in [0.4, 0.5) is 0 Å². The Hall–Kier alpha value is -2.19. The number of ether oxygens (including phenoxy) is 1. The van der Waals surface area contributed by atoms with Crippen molar-refractivity contribution in [1.29, 1.82) is 0 Å². The van der Waals surface area contributed by atoms with Gasteiger partial charge in [-0.25, -0.2) is 4.98 Å². The lowest BCUT2D eigenvalue weighted by Crippen LogP contribution is -2.53. The summed E-state index contributed by atoms with van der Waals surface area (Å²) >= 11 is 1.44. The van der Waals surface area contributed by atoms with Gasteiger partial charge < -0.3 is 19.6 Å². The summed E-state index contributed by atoms with van der Waals surface area (Å²) in [6, 6.07) is 1.81. The number of aliphatic carboxylic acids is 1. The second-order valence-corrected chi connectivity index (χ2v) is 6.70. The first-order valence-corrected chi connectivity index (χ1v) is 8.52. The van der Waals surface area contributed by atoms with E-state index in [0.717, 1.165) is 10.6 Å². The van der Waals surface area contributed by atoms with Crippen molar-refractivity contribution in [3.8, 4) is 10.6 Å². The van der Waals surface area contributed by atoms with Gasteiger partial charge in [-0.1, -0.05) is 0 Å². The average Bonchev–Trinajstić information content (AvgIpc) is 3.17. The molecule has 0 atom stereocenters. The van der Waals surface area contributed by atoms with Crippen molar-refractivity contribution >= 4 is 23.2 Å². The van der Waals surface area contributed by atoms with Gasteiger partial charge in [0.2, 0.25) is 5.91 Å². The molecular weight excluding hydrogens is 332 g/mol. The van der Waals surface area contributed by atoms with Crippen molar-refractivity contribution in [1.82, 2.24) is 10.3 Å². The molecule has 0 spiro atoms. The zero-order valence-corrected chi connectivity index (χ0v) is 13.8. The van der Waals surface area contributed by atoms with Gasteiger partial charge >= 0.3 is 5.97 Å². The van der Waals surface area contributed by atoms with Gasteiger partial charge in [-0.05, 0) is 18.9 Å². The maximum Gasteiger partial charge on any atom is 0.305 e. The molecule has 24 heavy (non-hydrogen) atoms. The molecule has 1 fully saturated rings. The van der Waals surface area contributed by atoms with Gasteiger partial charge in [-0.2, -0.15) is 0 Å². The standard InChI is InChI=1S/C16H18N2O5S/c19-13(18-16(8-14(20)21)2-5-22-6-3-16)7-12-10-24-15(17-12)11-1-4-23-9-11/h1,4,9-10H,2-3,5-8H2,(H,18,19)(H,20,21). The minimum Gasteiger partial charge on any atom is -0.481 e. The summed E-state index contributed by atoms with van der Waals surface area (Å²) in [5.41, 5.74) is 0.801. The van der Waals surface area contributed by atoms with E-state index in [2.05, 4.69) is 10.3 Å². The zero-order valence-electron chi connectivity index (χ0n) is 13.0. The smallest absolute Gasteiger partial charge is 0.305 e. The van der Waals surface area contributed by atoms with Crippen LogP contribution in [0.3, 0.4) is 0 Å². The number of aromatic nitrogens is 1. The molecule has 0 bridgehead atoms. The second-order valence-electron chi connectivity index (χ2n) is 5.84. The van der Waals surface area contributed by atoms with Gasteiger partial charge in [0.15, 0.2) is 0 Å². The van der Waals surface area contributed by atoms with E-state index in [1.165, 1.54) is 11.3 Å². The summed E-state index contributed by atoms with van der Waals surface area (Å²) < 4.78 is 10.3. The first-order chi connectivity index (χ1) is 11.6. The fourth-order valence-corrected chi connectivity index (χ4v) is 3.61. The molecule has 0 radical (unpaired) electrons. The Morgan fingerprint density at radius 3 is 2.83 bits per heavy atom. The number of carbonyl (C=O) groups excluding carboxylic acids is 1. The molecule has 1 aliphatic rings. The van der Waals surface area contributed by atoms with E-state index in [-0.39, 0.29) is 18.7 Å². The van der Waals surface area contributed by atoms with Crippen LogP contribution < -0.4 is 5.32 Å². The summed E-state index contributed by atoms with van der Waals surface area (Å²) in [7, 11) is 0. The van der Waals surface area contributed by atoms with E-state index in [0.29, 0.717) is 31.7 Å². The van der Waals surface area contributed by atoms with E-state index in [4.69, 9.17) is 14.3 Å². The van der Waals surface area contributed by atoms with Crippen LogP contribution in [-0.4, -0.2) is 40.7 Å². The number of carbonyl (C=O) groups is 2. The first kappa shape index (κ1) is 16.7. The third-order valence-electron chi connectivity index (χ3n) is 4.01. The predicted molar refractivity (Wildman–Crippen MR) is 86.7 cm³/mol. The molecule has 3 rings (SSSR count). The number of carboxylic acids is 1. The molecule has 0 aliphatic carbocycles. The number of thiazole rings is 1. The monoisotopic (exact) mass is 350 g/mol. The van der Waals surface area contributed by atoms with Crippen molar-refractivity contribution in [3.05, 3.63) is 29.7 Å². The molecule has 128 valence electrons. The highest BCUT2D eigenvalue weighted by Gasteiger charge is 2.36. The maximum atomic E-state index is 12.4. The zero-order chi connectivity index (χ0) is 17.0. The molecular formula is C16H18N2O5S. The van der Waals surface area contributed by atoms with Gasteiger partial charge in [0.05, 0.1) is 30.3 Å². The summed E-state index contributed by atoms with van der Waals surface area (Å²) in [6.45, 7) is 0.907. The average molecular weight is 350 g/mol. The van der Waals surface area contributed by atoms with Crippen molar-refractivity contribution in [3.63, 3.8) is 0 Å². The summed E-state index contributed by atoms with van der Waals surface area (Å²) in [6.07, 6.45) is 4.21. The van der Waals surface area contributed by atoms with Crippen molar-refractivity contribution in [2.75, 3.05) is 13.2 Å². The maximum absolute atomic E-state index is 12.4. The molecule has 8 heteroatoms. The van der Waals surface area contributed by atoms with Gasteiger partial charge in [-0.3, -0.25) is 9.59 Å². The first-order valence-electron chi connectivity index (χ1n) is 7.64. The number of furan rings is 1. The molecule has 0 aromatic carbocycles. The number of hydrogen-bond donors (Lipinski definition) is 2. The third-order valence-corrected chi connectivity index (χ3v) is 4.95. The largest absolute Gasteiger partial charge is 0.481 e. The van der Waals surface area contributed by atoms with Gasteiger partial charge in [-0.15, -0.1) is 11.3 Å². The summed E-state index contributed by atoms with van der Waals surface area (Å²) in [5, 5.41) is 14.7. The highest BCUT2D eigenvalue weighted by molar-refractivity contribution is 7.13. The van der Waals surface area contributed by atoms with Crippen molar-refractivity contribution in [2.45, 2.75) is 31.2 Å². The lowest BCUT2D eigenvalue weighted by molar-refractivity contribution is -0.140. The SMILES string of the molecule is O=C(O)CC1(NC(=O)Cc2csc(-c3ccoc3)n2)CCOCC1. The number of carboxylic acid groups (broad SMARTS) is 1. The van der Waals surface area contributed by atoms with Crippen molar-refractivity contribution < 1.29 is 23.8 Å². The van der Waals surface area contributed by atoms with Crippen LogP contribution in [-0.2, 0) is 20.7 Å². The summed E-state index contributed by atoms with van der Waals surface area (Å²) in [5.74, 6) is -1.14. The molecule has 2 N–H and O–H groups in total. The lowest BCUT2D eigenvalue weighted by atomic mass is 9.86. The van der Waals surface area contributed by atoms with Crippen LogP contribution in [0.15, 0.2) is 28.4 Å². The van der Waals surface area contributed by atoms with Crippen LogP contribution in [0.1, 0.15) is 25.0 Å². The van der Waals surface area contributed by atoms with E-state index >= 15 is 0 Å². The fourth-order valence-electron chi connectivity index (χ4n) is 2.81. The number of nitrogens with zero attached hydrogens (tertiary/aromatic N) is 1. The third kappa shape index (κ3) is 4.01. The van der Waals surface area contributed by atoms with Gasteiger partial charge in [0, 0.05) is 24.2 Å². The molecule has 3 heterocycles.